The highest BCUT2D eigenvalue weighted by Gasteiger charge is 1.95. The average molecular weight is 279 g/mol. The standard InChI is InChI=1S/C13H22N2.2ClH/c1-3-14-9-6-10-15-11-13-8-5-4-7-12(13)2;;/h4-5,7-8,14-15H,3,6,9-11H2,1-2H3;2*1H. The topological polar surface area (TPSA) is 24.1 Å². The zero-order valence-corrected chi connectivity index (χ0v) is 12.3. The molecule has 2 N–H and O–H groups in total. The van der Waals surface area contributed by atoms with Crippen LogP contribution in [0.25, 0.3) is 0 Å². The van der Waals surface area contributed by atoms with Crippen molar-refractivity contribution >= 4 is 24.8 Å². The zero-order valence-electron chi connectivity index (χ0n) is 10.7. The summed E-state index contributed by atoms with van der Waals surface area (Å²) in [5.41, 5.74) is 2.78. The van der Waals surface area contributed by atoms with Crippen LogP contribution in [0.15, 0.2) is 24.3 Å². The van der Waals surface area contributed by atoms with Gasteiger partial charge in [0.15, 0.2) is 0 Å². The summed E-state index contributed by atoms with van der Waals surface area (Å²) in [5, 5.41) is 6.78. The Morgan fingerprint density at radius 1 is 1.00 bits per heavy atom. The van der Waals surface area contributed by atoms with E-state index in [4.69, 9.17) is 0 Å². The van der Waals surface area contributed by atoms with Crippen molar-refractivity contribution in [2.75, 3.05) is 19.6 Å². The fraction of sp³-hybridized carbons (Fsp3) is 0.538. The van der Waals surface area contributed by atoms with Crippen LogP contribution in [-0.2, 0) is 6.54 Å². The molecule has 0 saturated carbocycles. The summed E-state index contributed by atoms with van der Waals surface area (Å²) in [6.45, 7) is 8.55. The van der Waals surface area contributed by atoms with E-state index in [2.05, 4.69) is 48.7 Å². The molecule has 0 aromatic heterocycles. The maximum absolute atomic E-state index is 3.46. The maximum Gasteiger partial charge on any atom is 0.0208 e. The fourth-order valence-corrected chi connectivity index (χ4v) is 1.55. The second kappa shape index (κ2) is 12.2. The Morgan fingerprint density at radius 3 is 2.29 bits per heavy atom. The molecule has 0 heterocycles. The molecule has 1 aromatic carbocycles. The molecule has 100 valence electrons. The van der Waals surface area contributed by atoms with Crippen molar-refractivity contribution in [3.05, 3.63) is 35.4 Å². The summed E-state index contributed by atoms with van der Waals surface area (Å²) < 4.78 is 0. The van der Waals surface area contributed by atoms with E-state index < -0.39 is 0 Å². The molecule has 1 aromatic rings. The summed E-state index contributed by atoms with van der Waals surface area (Å²) in [5.74, 6) is 0. The Labute approximate surface area is 117 Å². The van der Waals surface area contributed by atoms with Gasteiger partial charge in [-0.2, -0.15) is 0 Å². The summed E-state index contributed by atoms with van der Waals surface area (Å²) in [6, 6.07) is 8.54. The molecule has 0 fully saturated rings. The van der Waals surface area contributed by atoms with Crippen LogP contribution >= 0.6 is 24.8 Å². The number of hydrogen-bond acceptors (Lipinski definition) is 2. The van der Waals surface area contributed by atoms with E-state index in [-0.39, 0.29) is 24.8 Å². The highest BCUT2D eigenvalue weighted by atomic mass is 35.5. The molecule has 0 unspecified atom stereocenters. The minimum Gasteiger partial charge on any atom is -0.317 e. The van der Waals surface area contributed by atoms with E-state index >= 15 is 0 Å². The van der Waals surface area contributed by atoms with Crippen LogP contribution < -0.4 is 10.6 Å². The van der Waals surface area contributed by atoms with Crippen molar-refractivity contribution in [1.29, 1.82) is 0 Å². The lowest BCUT2D eigenvalue weighted by Crippen LogP contribution is -2.21. The van der Waals surface area contributed by atoms with Gasteiger partial charge in [0.05, 0.1) is 0 Å². The summed E-state index contributed by atoms with van der Waals surface area (Å²) >= 11 is 0. The molecule has 1 rings (SSSR count). The predicted octanol–water partition coefficient (Wildman–Crippen LogP) is 2.93. The molecule has 0 aliphatic heterocycles. The number of rotatable bonds is 7. The summed E-state index contributed by atoms with van der Waals surface area (Å²) in [4.78, 5) is 0. The first-order valence-corrected chi connectivity index (χ1v) is 5.80. The Hall–Kier alpha value is -0.280. The SMILES string of the molecule is CCNCCCNCc1ccccc1C.Cl.Cl. The predicted molar refractivity (Wildman–Crippen MR) is 80.5 cm³/mol. The minimum absolute atomic E-state index is 0. The molecular weight excluding hydrogens is 255 g/mol. The molecule has 0 aliphatic carbocycles. The van der Waals surface area contributed by atoms with Gasteiger partial charge >= 0.3 is 0 Å². The van der Waals surface area contributed by atoms with E-state index in [1.807, 2.05) is 0 Å². The zero-order chi connectivity index (χ0) is 10.9. The van der Waals surface area contributed by atoms with Gasteiger partial charge in [0, 0.05) is 6.54 Å². The lowest BCUT2D eigenvalue weighted by atomic mass is 10.1. The van der Waals surface area contributed by atoms with Crippen LogP contribution in [0, 0.1) is 6.92 Å². The van der Waals surface area contributed by atoms with Crippen LogP contribution in [0.3, 0.4) is 0 Å². The van der Waals surface area contributed by atoms with Crippen molar-refractivity contribution in [2.45, 2.75) is 26.8 Å². The second-order valence-corrected chi connectivity index (χ2v) is 3.81. The lowest BCUT2D eigenvalue weighted by molar-refractivity contribution is 0.605. The summed E-state index contributed by atoms with van der Waals surface area (Å²) in [6.07, 6.45) is 1.19. The largest absolute Gasteiger partial charge is 0.317 e. The van der Waals surface area contributed by atoms with E-state index in [1.54, 1.807) is 0 Å². The van der Waals surface area contributed by atoms with Gasteiger partial charge < -0.3 is 10.6 Å². The molecule has 2 nitrogen and oxygen atoms in total. The Balaban J connectivity index is 0. The van der Waals surface area contributed by atoms with Gasteiger partial charge in [-0.05, 0) is 44.1 Å². The van der Waals surface area contributed by atoms with Crippen molar-refractivity contribution in [2.24, 2.45) is 0 Å². The third-order valence-corrected chi connectivity index (χ3v) is 2.53. The van der Waals surface area contributed by atoms with Gasteiger partial charge in [0.1, 0.15) is 0 Å². The number of hydrogen-bond donors (Lipinski definition) is 2. The van der Waals surface area contributed by atoms with Crippen LogP contribution in [0.4, 0.5) is 0 Å². The molecule has 0 amide bonds. The first-order chi connectivity index (χ1) is 7.34. The van der Waals surface area contributed by atoms with Gasteiger partial charge in [0.25, 0.3) is 0 Å². The number of benzene rings is 1. The smallest absolute Gasteiger partial charge is 0.0208 e. The molecule has 0 radical (unpaired) electrons. The molecule has 4 heteroatoms. The Kier molecular flexibility index (Phi) is 13.7. The van der Waals surface area contributed by atoms with Crippen LogP contribution in [-0.4, -0.2) is 19.6 Å². The summed E-state index contributed by atoms with van der Waals surface area (Å²) in [7, 11) is 0. The second-order valence-electron chi connectivity index (χ2n) is 3.81. The minimum atomic E-state index is 0. The molecule has 17 heavy (non-hydrogen) atoms. The third kappa shape index (κ3) is 8.44. The highest BCUT2D eigenvalue weighted by Crippen LogP contribution is 2.05. The average Bonchev–Trinajstić information content (AvgIpc) is 2.25. The van der Waals surface area contributed by atoms with Crippen molar-refractivity contribution in [3.63, 3.8) is 0 Å². The van der Waals surface area contributed by atoms with E-state index in [0.717, 1.165) is 26.2 Å². The highest BCUT2D eigenvalue weighted by molar-refractivity contribution is 5.85. The van der Waals surface area contributed by atoms with Crippen molar-refractivity contribution in [1.82, 2.24) is 10.6 Å². The van der Waals surface area contributed by atoms with Crippen molar-refractivity contribution < 1.29 is 0 Å². The van der Waals surface area contributed by atoms with Crippen LogP contribution in [0.5, 0.6) is 0 Å². The van der Waals surface area contributed by atoms with E-state index in [0.29, 0.717) is 0 Å². The molecule has 0 saturated heterocycles. The first-order valence-electron chi connectivity index (χ1n) is 5.80. The number of halogens is 2. The Bertz CT molecular complexity index is 280. The van der Waals surface area contributed by atoms with Gasteiger partial charge in [-0.25, -0.2) is 0 Å². The van der Waals surface area contributed by atoms with E-state index in [9.17, 15) is 0 Å². The number of nitrogens with one attached hydrogen (secondary N) is 2. The number of aryl methyl sites for hydroxylation is 1. The first kappa shape index (κ1) is 19.1. The third-order valence-electron chi connectivity index (χ3n) is 2.53. The van der Waals surface area contributed by atoms with E-state index in [1.165, 1.54) is 17.5 Å². The molecular formula is C13H24Cl2N2. The quantitative estimate of drug-likeness (QED) is 0.750. The normalized spacial score (nSPS) is 9.29. The van der Waals surface area contributed by atoms with Gasteiger partial charge in [-0.1, -0.05) is 31.2 Å². The molecule has 0 bridgehead atoms. The van der Waals surface area contributed by atoms with Crippen molar-refractivity contribution in [3.8, 4) is 0 Å². The van der Waals surface area contributed by atoms with Crippen LogP contribution in [0.1, 0.15) is 24.5 Å². The molecule has 0 atom stereocenters. The van der Waals surface area contributed by atoms with Gasteiger partial charge in [-0.15, -0.1) is 24.8 Å². The molecule has 0 spiro atoms. The van der Waals surface area contributed by atoms with Gasteiger partial charge in [0.2, 0.25) is 0 Å². The molecule has 0 aliphatic rings. The fourth-order valence-electron chi connectivity index (χ4n) is 1.55. The van der Waals surface area contributed by atoms with Crippen LogP contribution in [0.2, 0.25) is 0 Å². The lowest BCUT2D eigenvalue weighted by Gasteiger charge is -2.07. The monoisotopic (exact) mass is 278 g/mol. The maximum atomic E-state index is 3.46. The Morgan fingerprint density at radius 2 is 1.65 bits per heavy atom. The van der Waals surface area contributed by atoms with Gasteiger partial charge in [-0.3, -0.25) is 0 Å².